The molecule has 0 spiro atoms. The predicted octanol–water partition coefficient (Wildman–Crippen LogP) is 2.59. The molecule has 14 heavy (non-hydrogen) atoms. The minimum atomic E-state index is -2.81. The molecule has 1 aromatic heterocycles. The minimum Gasteiger partial charge on any atom is -0.229 e. The summed E-state index contributed by atoms with van der Waals surface area (Å²) in [5.41, 5.74) is 0. The molecule has 1 aromatic rings. The average Bonchev–Trinajstić information content (AvgIpc) is 2.53. The first kappa shape index (κ1) is 12.1. The molecule has 0 aliphatic carbocycles. The SMILES string of the molecule is C[C@H](SCCS(C)(=O)=O)c1cccs1. The molecule has 0 unspecified atom stereocenters. The summed E-state index contributed by atoms with van der Waals surface area (Å²) >= 11 is 3.41. The van der Waals surface area contributed by atoms with Crippen molar-refractivity contribution in [1.29, 1.82) is 0 Å². The molecular formula is C9H14O2S3. The molecule has 1 rings (SSSR count). The van der Waals surface area contributed by atoms with Gasteiger partial charge < -0.3 is 0 Å². The fraction of sp³-hybridized carbons (Fsp3) is 0.556. The summed E-state index contributed by atoms with van der Waals surface area (Å²) < 4.78 is 21.8. The molecule has 0 amide bonds. The van der Waals surface area contributed by atoms with Crippen LogP contribution in [0.25, 0.3) is 0 Å². The van der Waals surface area contributed by atoms with Crippen LogP contribution < -0.4 is 0 Å². The number of thiophene rings is 1. The molecule has 0 radical (unpaired) electrons. The second kappa shape index (κ2) is 5.19. The van der Waals surface area contributed by atoms with Crippen LogP contribution in [0.5, 0.6) is 0 Å². The van der Waals surface area contributed by atoms with Gasteiger partial charge in [-0.05, 0) is 18.4 Å². The topological polar surface area (TPSA) is 34.1 Å². The first-order chi connectivity index (χ1) is 6.49. The van der Waals surface area contributed by atoms with Crippen molar-refractivity contribution in [2.75, 3.05) is 17.8 Å². The zero-order valence-corrected chi connectivity index (χ0v) is 10.7. The van der Waals surface area contributed by atoms with Gasteiger partial charge in [0.2, 0.25) is 0 Å². The van der Waals surface area contributed by atoms with Gasteiger partial charge in [-0.25, -0.2) is 8.42 Å². The number of hydrogen-bond donors (Lipinski definition) is 0. The van der Waals surface area contributed by atoms with E-state index in [0.717, 1.165) is 0 Å². The molecule has 0 aliphatic heterocycles. The summed E-state index contributed by atoms with van der Waals surface area (Å²) in [7, 11) is -2.81. The van der Waals surface area contributed by atoms with Crippen LogP contribution >= 0.6 is 23.1 Å². The fourth-order valence-corrected chi connectivity index (χ4v) is 4.21. The molecule has 1 atom stereocenters. The fourth-order valence-electron chi connectivity index (χ4n) is 0.981. The van der Waals surface area contributed by atoms with Crippen molar-refractivity contribution in [2.24, 2.45) is 0 Å². The Kier molecular flexibility index (Phi) is 4.47. The Hall–Kier alpha value is -0.0000000000000000833. The highest BCUT2D eigenvalue weighted by Gasteiger charge is 2.08. The third kappa shape index (κ3) is 4.48. The highest BCUT2D eigenvalue weighted by atomic mass is 32.2. The molecular weight excluding hydrogens is 236 g/mol. The van der Waals surface area contributed by atoms with Crippen molar-refractivity contribution in [1.82, 2.24) is 0 Å². The zero-order valence-electron chi connectivity index (χ0n) is 8.26. The Balaban J connectivity index is 2.33. The van der Waals surface area contributed by atoms with Crippen molar-refractivity contribution in [3.8, 4) is 0 Å². The van der Waals surface area contributed by atoms with Crippen LogP contribution in [0.1, 0.15) is 17.1 Å². The predicted molar refractivity (Wildman–Crippen MR) is 64.9 cm³/mol. The van der Waals surface area contributed by atoms with Crippen LogP contribution in [-0.4, -0.2) is 26.2 Å². The minimum absolute atomic E-state index is 0.271. The van der Waals surface area contributed by atoms with Gasteiger partial charge in [0.05, 0.1) is 5.75 Å². The van der Waals surface area contributed by atoms with Crippen molar-refractivity contribution in [2.45, 2.75) is 12.2 Å². The monoisotopic (exact) mass is 250 g/mol. The summed E-state index contributed by atoms with van der Waals surface area (Å²) in [5, 5.41) is 2.44. The summed E-state index contributed by atoms with van der Waals surface area (Å²) in [5.74, 6) is 0.950. The largest absolute Gasteiger partial charge is 0.229 e. The van der Waals surface area contributed by atoms with Crippen LogP contribution in [0.2, 0.25) is 0 Å². The molecule has 0 fully saturated rings. The van der Waals surface area contributed by atoms with Gasteiger partial charge in [0, 0.05) is 22.1 Å². The first-order valence-electron chi connectivity index (χ1n) is 4.32. The summed E-state index contributed by atoms with van der Waals surface area (Å²) in [6, 6.07) is 4.11. The standard InChI is InChI=1S/C9H14O2S3/c1-8(9-4-3-5-13-9)12-6-7-14(2,10)11/h3-5,8H,6-7H2,1-2H3/t8-/m0/s1. The number of sulfone groups is 1. The highest BCUT2D eigenvalue weighted by molar-refractivity contribution is 8.00. The van der Waals surface area contributed by atoms with E-state index in [1.54, 1.807) is 23.1 Å². The smallest absolute Gasteiger partial charge is 0.148 e. The van der Waals surface area contributed by atoms with Crippen LogP contribution in [0.4, 0.5) is 0 Å². The summed E-state index contributed by atoms with van der Waals surface area (Å²) in [6.07, 6.45) is 1.28. The molecule has 0 N–H and O–H groups in total. The average molecular weight is 250 g/mol. The van der Waals surface area contributed by atoms with Crippen LogP contribution in [0, 0.1) is 0 Å². The van der Waals surface area contributed by atoms with E-state index in [1.165, 1.54) is 11.1 Å². The lowest BCUT2D eigenvalue weighted by Crippen LogP contribution is -2.05. The van der Waals surface area contributed by atoms with Crippen molar-refractivity contribution < 1.29 is 8.42 Å². The Morgan fingerprint density at radius 3 is 2.79 bits per heavy atom. The molecule has 0 bridgehead atoms. The van der Waals surface area contributed by atoms with Gasteiger partial charge in [-0.1, -0.05) is 6.07 Å². The third-order valence-electron chi connectivity index (χ3n) is 1.77. The number of rotatable bonds is 5. The highest BCUT2D eigenvalue weighted by Crippen LogP contribution is 2.31. The van der Waals surface area contributed by atoms with Gasteiger partial charge in [0.1, 0.15) is 9.84 Å². The number of hydrogen-bond acceptors (Lipinski definition) is 4. The lowest BCUT2D eigenvalue weighted by Gasteiger charge is -2.07. The van der Waals surface area contributed by atoms with E-state index in [4.69, 9.17) is 0 Å². The van der Waals surface area contributed by atoms with Crippen molar-refractivity contribution in [3.63, 3.8) is 0 Å². The molecule has 0 saturated carbocycles. The van der Waals surface area contributed by atoms with Gasteiger partial charge in [-0.2, -0.15) is 11.8 Å². The summed E-state index contributed by atoms with van der Waals surface area (Å²) in [6.45, 7) is 2.11. The molecule has 1 heterocycles. The van der Waals surface area contributed by atoms with E-state index in [-0.39, 0.29) is 5.75 Å². The Labute approximate surface area is 93.6 Å². The van der Waals surface area contributed by atoms with Crippen LogP contribution in [-0.2, 0) is 9.84 Å². The van der Waals surface area contributed by atoms with E-state index in [9.17, 15) is 8.42 Å². The van der Waals surface area contributed by atoms with Gasteiger partial charge in [-0.3, -0.25) is 0 Å². The maximum atomic E-state index is 10.9. The third-order valence-corrected chi connectivity index (χ3v) is 5.37. The first-order valence-corrected chi connectivity index (χ1v) is 8.30. The van der Waals surface area contributed by atoms with Gasteiger partial charge in [-0.15, -0.1) is 11.3 Å². The second-order valence-corrected chi connectivity index (χ2v) is 7.85. The van der Waals surface area contributed by atoms with E-state index in [0.29, 0.717) is 11.0 Å². The quantitative estimate of drug-likeness (QED) is 0.805. The van der Waals surface area contributed by atoms with Crippen molar-refractivity contribution >= 4 is 32.9 Å². The van der Waals surface area contributed by atoms with Crippen LogP contribution in [0.3, 0.4) is 0 Å². The lowest BCUT2D eigenvalue weighted by molar-refractivity contribution is 0.603. The van der Waals surface area contributed by atoms with E-state index >= 15 is 0 Å². The van der Waals surface area contributed by atoms with Gasteiger partial charge >= 0.3 is 0 Å². The van der Waals surface area contributed by atoms with Gasteiger partial charge in [0.15, 0.2) is 0 Å². The second-order valence-electron chi connectivity index (χ2n) is 3.16. The van der Waals surface area contributed by atoms with Crippen LogP contribution in [0.15, 0.2) is 17.5 Å². The Morgan fingerprint density at radius 2 is 2.29 bits per heavy atom. The normalized spacial score (nSPS) is 14.1. The maximum absolute atomic E-state index is 10.9. The summed E-state index contributed by atoms with van der Waals surface area (Å²) in [4.78, 5) is 1.31. The van der Waals surface area contributed by atoms with Gasteiger partial charge in [0.25, 0.3) is 0 Å². The zero-order chi connectivity index (χ0) is 10.6. The molecule has 2 nitrogen and oxygen atoms in total. The Morgan fingerprint density at radius 1 is 1.57 bits per heavy atom. The van der Waals surface area contributed by atoms with E-state index in [2.05, 4.69) is 13.0 Å². The molecule has 0 saturated heterocycles. The lowest BCUT2D eigenvalue weighted by atomic mass is 10.4. The van der Waals surface area contributed by atoms with E-state index in [1.807, 2.05) is 11.4 Å². The molecule has 0 aromatic carbocycles. The van der Waals surface area contributed by atoms with Crippen molar-refractivity contribution in [3.05, 3.63) is 22.4 Å². The van der Waals surface area contributed by atoms with E-state index < -0.39 is 9.84 Å². The molecule has 5 heteroatoms. The maximum Gasteiger partial charge on any atom is 0.148 e. The molecule has 80 valence electrons. The number of thioether (sulfide) groups is 1. The Bertz CT molecular complexity index is 353. The molecule has 0 aliphatic rings.